The molecule has 146 valence electrons. The molecule has 0 radical (unpaired) electrons. The highest BCUT2D eigenvalue weighted by atomic mass is 16.6. The number of imide groups is 1. The minimum atomic E-state index is -0.745. The van der Waals surface area contributed by atoms with Crippen LogP contribution in [0.25, 0.3) is 11.3 Å². The second kappa shape index (κ2) is 6.87. The summed E-state index contributed by atoms with van der Waals surface area (Å²) < 4.78 is 10.2. The van der Waals surface area contributed by atoms with E-state index in [4.69, 9.17) is 9.47 Å². The van der Waals surface area contributed by atoms with Gasteiger partial charge in [0.05, 0.1) is 18.6 Å². The van der Waals surface area contributed by atoms with Gasteiger partial charge >= 0.3 is 11.8 Å². The molecule has 1 aromatic heterocycles. The maximum atomic E-state index is 12.5. The lowest BCUT2D eigenvalue weighted by molar-refractivity contribution is -0.385. The number of hydrogen-bond donors (Lipinski definition) is 0. The summed E-state index contributed by atoms with van der Waals surface area (Å²) in [6, 6.07) is 4.63. The highest BCUT2D eigenvalue weighted by molar-refractivity contribution is 6.06. The monoisotopic (exact) mass is 386 g/mol. The Bertz CT molecular complexity index is 983. The number of aromatic nitrogens is 2. The first-order valence-corrected chi connectivity index (χ1v) is 8.34. The number of fused-ring (bicyclic) bond motifs is 1. The molecule has 10 heteroatoms. The molecule has 1 aliphatic rings. The zero-order valence-corrected chi connectivity index (χ0v) is 15.8. The van der Waals surface area contributed by atoms with E-state index < -0.39 is 22.5 Å². The Labute approximate surface area is 160 Å². The Morgan fingerprint density at radius 3 is 2.61 bits per heavy atom. The van der Waals surface area contributed by atoms with E-state index in [0.29, 0.717) is 16.7 Å². The summed E-state index contributed by atoms with van der Waals surface area (Å²) in [6.45, 7) is 5.13. The molecule has 0 saturated heterocycles. The van der Waals surface area contributed by atoms with Crippen LogP contribution in [0.3, 0.4) is 0 Å². The minimum Gasteiger partial charge on any atom is -0.476 e. The van der Waals surface area contributed by atoms with Crippen molar-refractivity contribution >= 4 is 17.7 Å². The smallest absolute Gasteiger partial charge is 0.417 e. The van der Waals surface area contributed by atoms with Crippen LogP contribution in [-0.2, 0) is 11.3 Å². The molecule has 1 aromatic carbocycles. The number of carbonyl (C=O) groups is 2. The number of methoxy groups -OCH3 is 1. The van der Waals surface area contributed by atoms with Gasteiger partial charge in [0.15, 0.2) is 5.69 Å². The van der Waals surface area contributed by atoms with Gasteiger partial charge in [0.2, 0.25) is 0 Å². The van der Waals surface area contributed by atoms with Gasteiger partial charge in [0.1, 0.15) is 11.9 Å². The fourth-order valence-corrected chi connectivity index (χ4v) is 2.82. The third-order valence-electron chi connectivity index (χ3n) is 3.96. The molecule has 0 N–H and O–H groups in total. The first kappa shape index (κ1) is 19.2. The molecule has 0 saturated carbocycles. The van der Waals surface area contributed by atoms with Gasteiger partial charge in [-0.15, -0.1) is 0 Å². The molecule has 0 unspecified atom stereocenters. The van der Waals surface area contributed by atoms with Gasteiger partial charge in [-0.1, -0.05) is 6.07 Å². The number of ether oxygens (including phenoxy) is 2. The van der Waals surface area contributed by atoms with Crippen LogP contribution in [0.2, 0.25) is 0 Å². The maximum absolute atomic E-state index is 12.5. The highest BCUT2D eigenvalue weighted by Gasteiger charge is 2.35. The van der Waals surface area contributed by atoms with Crippen molar-refractivity contribution in [2.75, 3.05) is 7.11 Å². The lowest BCUT2D eigenvalue weighted by Gasteiger charge is -2.23. The van der Waals surface area contributed by atoms with Gasteiger partial charge in [-0.25, -0.2) is 14.7 Å². The van der Waals surface area contributed by atoms with Crippen LogP contribution >= 0.6 is 0 Å². The van der Waals surface area contributed by atoms with E-state index in [1.54, 1.807) is 26.8 Å². The second-order valence-electron chi connectivity index (χ2n) is 7.08. The van der Waals surface area contributed by atoms with Crippen molar-refractivity contribution < 1.29 is 24.0 Å². The van der Waals surface area contributed by atoms with Gasteiger partial charge in [0, 0.05) is 11.1 Å². The molecule has 2 aromatic rings. The van der Waals surface area contributed by atoms with Crippen molar-refractivity contribution in [3.05, 3.63) is 45.8 Å². The molecule has 28 heavy (non-hydrogen) atoms. The predicted molar refractivity (Wildman–Crippen MR) is 96.8 cm³/mol. The Kier molecular flexibility index (Phi) is 4.72. The Hall–Kier alpha value is -3.56. The van der Waals surface area contributed by atoms with E-state index >= 15 is 0 Å². The third-order valence-corrected chi connectivity index (χ3v) is 3.96. The van der Waals surface area contributed by atoms with Crippen LogP contribution in [0.5, 0.6) is 5.88 Å². The first-order chi connectivity index (χ1) is 13.1. The minimum absolute atomic E-state index is 0.00688. The summed E-state index contributed by atoms with van der Waals surface area (Å²) >= 11 is 0. The molecule has 0 fully saturated rings. The van der Waals surface area contributed by atoms with Crippen LogP contribution in [-0.4, -0.2) is 44.5 Å². The second-order valence-corrected chi connectivity index (χ2v) is 7.08. The predicted octanol–water partition coefficient (Wildman–Crippen LogP) is 2.95. The van der Waals surface area contributed by atoms with Gasteiger partial charge in [-0.05, 0) is 38.5 Å². The summed E-state index contributed by atoms with van der Waals surface area (Å²) in [5.74, 6) is -0.646. The summed E-state index contributed by atoms with van der Waals surface area (Å²) in [7, 11) is 1.28. The average Bonchev–Trinajstić information content (AvgIpc) is 2.95. The molecule has 0 spiro atoms. The first-order valence-electron chi connectivity index (χ1n) is 8.34. The van der Waals surface area contributed by atoms with Crippen molar-refractivity contribution in [3.8, 4) is 17.1 Å². The number of rotatable bonds is 3. The molecule has 10 nitrogen and oxygen atoms in total. The summed E-state index contributed by atoms with van der Waals surface area (Å²) in [6.07, 6.45) is 0.414. The summed E-state index contributed by atoms with van der Waals surface area (Å²) in [5.41, 5.74) is 0.222. The van der Waals surface area contributed by atoms with Crippen LogP contribution in [0.15, 0.2) is 24.5 Å². The fraction of sp³-hybridized carbons (Fsp3) is 0.333. The number of carbonyl (C=O) groups excluding carboxylic acids is 2. The van der Waals surface area contributed by atoms with Crippen molar-refractivity contribution in [1.29, 1.82) is 0 Å². The standard InChI is InChI=1S/C18H18N4O6/c1-18(2,3)28-17(24)21-8-11-7-10(5-6-12(11)16(21)23)13-14(22(25)26)15(27-4)20-9-19-13/h5-7,9H,8H2,1-4H3. The third kappa shape index (κ3) is 3.48. The number of hydrogen-bond acceptors (Lipinski definition) is 8. The van der Waals surface area contributed by atoms with E-state index in [2.05, 4.69) is 9.97 Å². The SMILES string of the molecule is COc1ncnc(-c2ccc3c(c2)CN(C(=O)OC(C)(C)C)C3=O)c1[N+](=O)[O-]. The molecule has 0 atom stereocenters. The maximum Gasteiger partial charge on any atom is 0.417 e. The lowest BCUT2D eigenvalue weighted by atomic mass is 10.0. The molecule has 1 aliphatic heterocycles. The molecule has 0 aliphatic carbocycles. The van der Waals surface area contributed by atoms with E-state index in [9.17, 15) is 19.7 Å². The Morgan fingerprint density at radius 1 is 1.29 bits per heavy atom. The van der Waals surface area contributed by atoms with Crippen LogP contribution < -0.4 is 4.74 Å². The molecular formula is C18H18N4O6. The van der Waals surface area contributed by atoms with E-state index in [-0.39, 0.29) is 23.8 Å². The lowest BCUT2D eigenvalue weighted by Crippen LogP contribution is -2.36. The van der Waals surface area contributed by atoms with Gasteiger partial charge in [-0.3, -0.25) is 14.9 Å². The van der Waals surface area contributed by atoms with Crippen molar-refractivity contribution in [3.63, 3.8) is 0 Å². The highest BCUT2D eigenvalue weighted by Crippen LogP contribution is 2.36. The van der Waals surface area contributed by atoms with Crippen LogP contribution in [0.4, 0.5) is 10.5 Å². The molecule has 3 rings (SSSR count). The molecular weight excluding hydrogens is 368 g/mol. The Balaban J connectivity index is 1.98. The summed E-state index contributed by atoms with van der Waals surface area (Å²) in [4.78, 5) is 44.4. The van der Waals surface area contributed by atoms with Crippen LogP contribution in [0.1, 0.15) is 36.7 Å². The van der Waals surface area contributed by atoms with E-state index in [1.807, 2.05) is 0 Å². The number of amides is 2. The largest absolute Gasteiger partial charge is 0.476 e. The number of benzene rings is 1. The van der Waals surface area contributed by atoms with Crippen molar-refractivity contribution in [2.24, 2.45) is 0 Å². The zero-order chi connectivity index (χ0) is 20.6. The van der Waals surface area contributed by atoms with Gasteiger partial charge in [-0.2, -0.15) is 4.98 Å². The molecule has 2 amide bonds. The van der Waals surface area contributed by atoms with Crippen LogP contribution in [0, 0.1) is 10.1 Å². The average molecular weight is 386 g/mol. The quantitative estimate of drug-likeness (QED) is 0.582. The number of nitrogens with zero attached hydrogens (tertiary/aromatic N) is 4. The van der Waals surface area contributed by atoms with Gasteiger partial charge in [0.25, 0.3) is 11.8 Å². The zero-order valence-electron chi connectivity index (χ0n) is 15.8. The molecule has 2 heterocycles. The summed E-state index contributed by atoms with van der Waals surface area (Å²) in [5, 5.41) is 11.5. The van der Waals surface area contributed by atoms with E-state index in [0.717, 1.165) is 11.2 Å². The van der Waals surface area contributed by atoms with Crippen molar-refractivity contribution in [1.82, 2.24) is 14.9 Å². The number of nitro groups is 1. The van der Waals surface area contributed by atoms with Gasteiger partial charge < -0.3 is 9.47 Å². The fourth-order valence-electron chi connectivity index (χ4n) is 2.82. The molecule has 0 bridgehead atoms. The topological polar surface area (TPSA) is 125 Å². The van der Waals surface area contributed by atoms with Crippen molar-refractivity contribution in [2.45, 2.75) is 32.9 Å². The van der Waals surface area contributed by atoms with E-state index in [1.165, 1.54) is 19.2 Å². The normalized spacial score (nSPS) is 13.3. The Morgan fingerprint density at radius 2 is 2.00 bits per heavy atom.